The Hall–Kier alpha value is -2.11. The molecule has 0 aliphatic carbocycles. The van der Waals surface area contributed by atoms with Gasteiger partial charge in [-0.2, -0.15) is 4.39 Å². The molecule has 2 rings (SSSR count). The Bertz CT molecular complexity index is 680. The number of rotatable bonds is 6. The lowest BCUT2D eigenvalue weighted by atomic mass is 10.1. The van der Waals surface area contributed by atoms with Gasteiger partial charge in [-0.25, -0.2) is 4.39 Å². The predicted molar refractivity (Wildman–Crippen MR) is 81.0 cm³/mol. The van der Waals surface area contributed by atoms with Crippen LogP contribution in [0.3, 0.4) is 0 Å². The van der Waals surface area contributed by atoms with Gasteiger partial charge in [0.15, 0.2) is 11.6 Å². The molecule has 0 spiro atoms. The van der Waals surface area contributed by atoms with Gasteiger partial charge in [0.05, 0.1) is 12.6 Å². The van der Waals surface area contributed by atoms with E-state index in [0.29, 0.717) is 24.6 Å². The van der Waals surface area contributed by atoms with E-state index in [0.717, 1.165) is 5.56 Å². The molecule has 0 aliphatic heterocycles. The molecule has 0 unspecified atom stereocenters. The topological polar surface area (TPSA) is 54.1 Å². The predicted octanol–water partition coefficient (Wildman–Crippen LogP) is 3.30. The zero-order chi connectivity index (χ0) is 16.3. The molecule has 0 saturated heterocycles. The van der Waals surface area contributed by atoms with Crippen molar-refractivity contribution in [3.63, 3.8) is 0 Å². The highest BCUT2D eigenvalue weighted by Crippen LogP contribution is 2.30. The van der Waals surface area contributed by atoms with E-state index < -0.39 is 11.6 Å². The number of amides is 1. The maximum absolute atomic E-state index is 13.9. The summed E-state index contributed by atoms with van der Waals surface area (Å²) in [5.74, 6) is -2.08. The number of nitrogens with one attached hydrogen (secondary N) is 2. The summed E-state index contributed by atoms with van der Waals surface area (Å²) in [5.41, 5.74) is 0.962. The van der Waals surface area contributed by atoms with Crippen molar-refractivity contribution in [1.82, 2.24) is 10.3 Å². The summed E-state index contributed by atoms with van der Waals surface area (Å²) in [5, 5.41) is 3.40. The molecule has 1 heterocycles. The van der Waals surface area contributed by atoms with Crippen molar-refractivity contribution in [2.75, 3.05) is 7.11 Å². The molecule has 6 heteroatoms. The van der Waals surface area contributed by atoms with Gasteiger partial charge in [0.1, 0.15) is 0 Å². The van der Waals surface area contributed by atoms with Crippen LogP contribution in [0.25, 0.3) is 10.9 Å². The molecule has 1 aromatic heterocycles. The Morgan fingerprint density at radius 3 is 2.73 bits per heavy atom. The van der Waals surface area contributed by atoms with E-state index in [1.54, 1.807) is 6.20 Å². The van der Waals surface area contributed by atoms with Crippen LogP contribution in [0.1, 0.15) is 32.3 Å². The van der Waals surface area contributed by atoms with E-state index in [4.69, 9.17) is 4.74 Å². The lowest BCUT2D eigenvalue weighted by Crippen LogP contribution is -2.29. The van der Waals surface area contributed by atoms with Crippen LogP contribution in [0.2, 0.25) is 0 Å². The molecule has 0 fully saturated rings. The number of aryl methyl sites for hydroxylation is 1. The Morgan fingerprint density at radius 1 is 1.36 bits per heavy atom. The second kappa shape index (κ2) is 6.77. The first-order valence-electron chi connectivity index (χ1n) is 7.25. The second-order valence-electron chi connectivity index (χ2n) is 5.52. The number of carbonyl (C=O) groups is 1. The zero-order valence-corrected chi connectivity index (χ0v) is 12.9. The van der Waals surface area contributed by atoms with Crippen LogP contribution in [0.5, 0.6) is 5.75 Å². The number of aromatic amines is 1. The van der Waals surface area contributed by atoms with E-state index in [1.165, 1.54) is 13.2 Å². The molecule has 0 bridgehead atoms. The van der Waals surface area contributed by atoms with Crippen molar-refractivity contribution in [3.05, 3.63) is 29.5 Å². The third kappa shape index (κ3) is 3.37. The molecule has 1 amide bonds. The van der Waals surface area contributed by atoms with Crippen LogP contribution in [0, 0.1) is 11.6 Å². The SMILES string of the molecule is COc1cc2c(CCCC(=O)NC(C)C)c[nH]c2c(F)c1F. The fourth-order valence-electron chi connectivity index (χ4n) is 2.42. The lowest BCUT2D eigenvalue weighted by molar-refractivity contribution is -0.121. The second-order valence-corrected chi connectivity index (χ2v) is 5.52. The van der Waals surface area contributed by atoms with Crippen molar-refractivity contribution in [2.24, 2.45) is 0 Å². The number of ether oxygens (including phenoxy) is 1. The van der Waals surface area contributed by atoms with Gasteiger partial charge < -0.3 is 15.0 Å². The smallest absolute Gasteiger partial charge is 0.220 e. The van der Waals surface area contributed by atoms with Crippen molar-refractivity contribution in [1.29, 1.82) is 0 Å². The third-order valence-corrected chi connectivity index (χ3v) is 3.43. The molecule has 2 aromatic rings. The molecule has 1 aromatic carbocycles. The first-order chi connectivity index (χ1) is 10.4. The van der Waals surface area contributed by atoms with Crippen LogP contribution in [0.4, 0.5) is 8.78 Å². The number of methoxy groups -OCH3 is 1. The highest BCUT2D eigenvalue weighted by atomic mass is 19.2. The summed E-state index contributed by atoms with van der Waals surface area (Å²) in [6, 6.07) is 1.59. The number of fused-ring (bicyclic) bond motifs is 1. The first kappa shape index (κ1) is 16.3. The number of hydrogen-bond acceptors (Lipinski definition) is 2. The maximum Gasteiger partial charge on any atom is 0.220 e. The van der Waals surface area contributed by atoms with Crippen LogP contribution >= 0.6 is 0 Å². The van der Waals surface area contributed by atoms with Gasteiger partial charge in [0.2, 0.25) is 11.7 Å². The summed E-state index contributed by atoms with van der Waals surface area (Å²) in [6.07, 6.45) is 3.27. The summed E-state index contributed by atoms with van der Waals surface area (Å²) in [7, 11) is 1.30. The minimum absolute atomic E-state index is 0.00959. The van der Waals surface area contributed by atoms with E-state index in [-0.39, 0.29) is 23.2 Å². The van der Waals surface area contributed by atoms with Gasteiger partial charge in [-0.1, -0.05) is 0 Å². The molecule has 4 nitrogen and oxygen atoms in total. The Labute approximate surface area is 127 Å². The van der Waals surface area contributed by atoms with E-state index in [2.05, 4.69) is 10.3 Å². The summed E-state index contributed by atoms with van der Waals surface area (Å²) >= 11 is 0. The van der Waals surface area contributed by atoms with E-state index in [1.807, 2.05) is 13.8 Å². The standard InChI is InChI=1S/C16H20F2N2O2/c1-9(2)20-13(21)6-4-5-10-8-19-16-11(10)7-12(22-3)14(17)15(16)18/h7-9,19H,4-6H2,1-3H3,(H,20,21). The van der Waals surface area contributed by atoms with Crippen molar-refractivity contribution in [3.8, 4) is 5.75 Å². The van der Waals surface area contributed by atoms with Crippen LogP contribution < -0.4 is 10.1 Å². The number of halogens is 2. The molecular weight excluding hydrogens is 290 g/mol. The minimum atomic E-state index is -1.00. The summed E-state index contributed by atoms with van der Waals surface area (Å²) in [4.78, 5) is 14.3. The lowest BCUT2D eigenvalue weighted by Gasteiger charge is -2.08. The molecular formula is C16H20F2N2O2. The maximum atomic E-state index is 13.9. The molecule has 0 atom stereocenters. The number of aromatic nitrogens is 1. The quantitative estimate of drug-likeness (QED) is 0.860. The van der Waals surface area contributed by atoms with Crippen LogP contribution in [-0.4, -0.2) is 24.0 Å². The van der Waals surface area contributed by atoms with Crippen LogP contribution in [-0.2, 0) is 11.2 Å². The summed E-state index contributed by atoms with van der Waals surface area (Å²) < 4.78 is 32.4. The van der Waals surface area contributed by atoms with Gasteiger partial charge >= 0.3 is 0 Å². The summed E-state index contributed by atoms with van der Waals surface area (Å²) in [6.45, 7) is 3.81. The average molecular weight is 310 g/mol. The highest BCUT2D eigenvalue weighted by Gasteiger charge is 2.17. The van der Waals surface area contributed by atoms with Crippen molar-refractivity contribution in [2.45, 2.75) is 39.2 Å². The number of benzene rings is 1. The number of hydrogen-bond donors (Lipinski definition) is 2. The number of carbonyl (C=O) groups excluding carboxylic acids is 1. The van der Waals surface area contributed by atoms with Crippen LogP contribution in [0.15, 0.2) is 12.3 Å². The zero-order valence-electron chi connectivity index (χ0n) is 12.9. The Morgan fingerprint density at radius 2 is 2.09 bits per heavy atom. The largest absolute Gasteiger partial charge is 0.494 e. The van der Waals surface area contributed by atoms with Gasteiger partial charge in [-0.3, -0.25) is 4.79 Å². The molecule has 22 heavy (non-hydrogen) atoms. The fourth-order valence-corrected chi connectivity index (χ4v) is 2.42. The fraction of sp³-hybridized carbons (Fsp3) is 0.438. The molecule has 0 radical (unpaired) electrons. The molecule has 120 valence electrons. The van der Waals surface area contributed by atoms with Gasteiger partial charge in [0.25, 0.3) is 0 Å². The first-order valence-corrected chi connectivity index (χ1v) is 7.25. The van der Waals surface area contributed by atoms with Gasteiger partial charge in [0, 0.05) is 24.0 Å². The van der Waals surface area contributed by atoms with Gasteiger partial charge in [-0.05, 0) is 38.3 Å². The van der Waals surface area contributed by atoms with Gasteiger partial charge in [-0.15, -0.1) is 0 Å². The Balaban J connectivity index is 2.12. The van der Waals surface area contributed by atoms with E-state index in [9.17, 15) is 13.6 Å². The highest BCUT2D eigenvalue weighted by molar-refractivity contribution is 5.85. The Kier molecular flexibility index (Phi) is 5.00. The van der Waals surface area contributed by atoms with Crippen molar-refractivity contribution >= 4 is 16.8 Å². The average Bonchev–Trinajstić information content (AvgIpc) is 2.85. The normalized spacial score (nSPS) is 11.2. The number of H-pyrrole nitrogens is 1. The van der Waals surface area contributed by atoms with E-state index >= 15 is 0 Å². The third-order valence-electron chi connectivity index (χ3n) is 3.43. The monoisotopic (exact) mass is 310 g/mol. The minimum Gasteiger partial charge on any atom is -0.494 e. The molecule has 0 aliphatic rings. The molecule has 2 N–H and O–H groups in total. The van der Waals surface area contributed by atoms with Crippen molar-refractivity contribution < 1.29 is 18.3 Å². The molecule has 0 saturated carbocycles.